The van der Waals surface area contributed by atoms with Crippen LogP contribution in [0.25, 0.3) is 0 Å². The Balaban J connectivity index is 2.75. The van der Waals surface area contributed by atoms with E-state index in [9.17, 15) is 0 Å². The van der Waals surface area contributed by atoms with E-state index in [1.54, 1.807) is 0 Å². The first-order valence-electron chi connectivity index (χ1n) is 5.01. The monoisotopic (exact) mass is 256 g/mol. The number of aromatic nitrogens is 1. The minimum atomic E-state index is 0.989. The van der Waals surface area contributed by atoms with Crippen molar-refractivity contribution < 1.29 is 0 Å². The maximum atomic E-state index is 4.38. The van der Waals surface area contributed by atoms with Crippen LogP contribution in [0.4, 0.5) is 5.82 Å². The highest BCUT2D eigenvalue weighted by atomic mass is 79.9. The van der Waals surface area contributed by atoms with Crippen molar-refractivity contribution in [1.29, 1.82) is 0 Å². The molecule has 0 radical (unpaired) electrons. The smallest absolute Gasteiger partial charge is 0.128 e. The van der Waals surface area contributed by atoms with Crippen LogP contribution < -0.4 is 4.90 Å². The van der Waals surface area contributed by atoms with Crippen molar-refractivity contribution in [1.82, 2.24) is 4.98 Å². The summed E-state index contributed by atoms with van der Waals surface area (Å²) in [6, 6.07) is 4.17. The van der Waals surface area contributed by atoms with Gasteiger partial charge in [-0.2, -0.15) is 0 Å². The molecule has 0 fully saturated rings. The van der Waals surface area contributed by atoms with Gasteiger partial charge >= 0.3 is 0 Å². The third-order valence-electron chi connectivity index (χ3n) is 2.07. The van der Waals surface area contributed by atoms with Crippen LogP contribution in [0.1, 0.15) is 18.9 Å². The van der Waals surface area contributed by atoms with Crippen LogP contribution >= 0.6 is 15.9 Å². The minimum Gasteiger partial charge on any atom is -0.356 e. The number of aryl methyl sites for hydroxylation is 1. The molecule has 0 aliphatic carbocycles. The lowest BCUT2D eigenvalue weighted by Crippen LogP contribution is -2.27. The van der Waals surface area contributed by atoms with Gasteiger partial charge in [-0.3, -0.25) is 0 Å². The third kappa shape index (κ3) is 3.29. The van der Waals surface area contributed by atoms with E-state index in [-0.39, 0.29) is 0 Å². The molecule has 0 bridgehead atoms. The molecule has 0 N–H and O–H groups in total. The van der Waals surface area contributed by atoms with Crippen LogP contribution in [0, 0.1) is 6.92 Å². The van der Waals surface area contributed by atoms with Crippen LogP contribution in [0.2, 0.25) is 0 Å². The van der Waals surface area contributed by atoms with Crippen LogP contribution in [0.5, 0.6) is 0 Å². The number of alkyl halides is 1. The average Bonchev–Trinajstić information content (AvgIpc) is 2.17. The van der Waals surface area contributed by atoms with Crippen molar-refractivity contribution in [2.45, 2.75) is 20.3 Å². The third-order valence-corrected chi connectivity index (χ3v) is 2.43. The number of halogens is 1. The van der Waals surface area contributed by atoms with Gasteiger partial charge in [0.2, 0.25) is 0 Å². The van der Waals surface area contributed by atoms with Crippen LogP contribution in [0.15, 0.2) is 18.3 Å². The predicted octanol–water partition coefficient (Wildman–Crippen LogP) is 3.00. The number of hydrogen-bond donors (Lipinski definition) is 0. The zero-order chi connectivity index (χ0) is 10.4. The Morgan fingerprint density at radius 3 is 2.79 bits per heavy atom. The molecule has 3 heteroatoms. The number of anilines is 1. The van der Waals surface area contributed by atoms with E-state index in [0.29, 0.717) is 0 Å². The highest BCUT2D eigenvalue weighted by Crippen LogP contribution is 2.12. The molecule has 1 rings (SSSR count). The predicted molar refractivity (Wildman–Crippen MR) is 65.3 cm³/mol. The van der Waals surface area contributed by atoms with Crippen molar-refractivity contribution >= 4 is 21.7 Å². The largest absolute Gasteiger partial charge is 0.356 e. The van der Waals surface area contributed by atoms with Crippen molar-refractivity contribution in [3.8, 4) is 0 Å². The van der Waals surface area contributed by atoms with Gasteiger partial charge in [-0.15, -0.1) is 0 Å². The van der Waals surface area contributed by atoms with Gasteiger partial charge in [-0.1, -0.05) is 22.9 Å². The quantitative estimate of drug-likeness (QED) is 0.754. The Labute approximate surface area is 94.5 Å². The molecule has 14 heavy (non-hydrogen) atoms. The Kier molecular flexibility index (Phi) is 4.94. The molecule has 0 unspecified atom stereocenters. The highest BCUT2D eigenvalue weighted by Gasteiger charge is 2.05. The standard InChI is InChI=1S/C11H17BrN2/c1-3-7-14(8-5-12)11-9-10(2)4-6-13-11/h4,6,9H,3,5,7-8H2,1-2H3. The van der Waals surface area contributed by atoms with E-state index < -0.39 is 0 Å². The fraction of sp³-hybridized carbons (Fsp3) is 0.545. The summed E-state index contributed by atoms with van der Waals surface area (Å²) < 4.78 is 0. The maximum absolute atomic E-state index is 4.38. The molecule has 2 nitrogen and oxygen atoms in total. The Morgan fingerprint density at radius 2 is 2.21 bits per heavy atom. The summed E-state index contributed by atoms with van der Waals surface area (Å²) in [6.45, 7) is 6.38. The Morgan fingerprint density at radius 1 is 1.43 bits per heavy atom. The lowest BCUT2D eigenvalue weighted by atomic mass is 10.3. The molecule has 0 spiro atoms. The number of rotatable bonds is 5. The second kappa shape index (κ2) is 6.02. The minimum absolute atomic E-state index is 0.989. The summed E-state index contributed by atoms with van der Waals surface area (Å²) in [4.78, 5) is 6.69. The van der Waals surface area contributed by atoms with Crippen LogP contribution in [-0.2, 0) is 0 Å². The maximum Gasteiger partial charge on any atom is 0.128 e. The Hall–Kier alpha value is -0.570. The SMILES string of the molecule is CCCN(CCBr)c1cc(C)ccn1. The first-order valence-corrected chi connectivity index (χ1v) is 6.13. The molecule has 1 aromatic rings. The van der Waals surface area contributed by atoms with E-state index >= 15 is 0 Å². The van der Waals surface area contributed by atoms with Gasteiger partial charge in [0.05, 0.1) is 0 Å². The van der Waals surface area contributed by atoms with Gasteiger partial charge in [0.1, 0.15) is 5.82 Å². The van der Waals surface area contributed by atoms with E-state index in [2.05, 4.69) is 45.7 Å². The molecule has 1 heterocycles. The molecular formula is C11H17BrN2. The fourth-order valence-corrected chi connectivity index (χ4v) is 1.83. The summed E-state index contributed by atoms with van der Waals surface area (Å²) >= 11 is 3.47. The molecule has 0 aliphatic rings. The van der Waals surface area contributed by atoms with Gasteiger partial charge in [0.15, 0.2) is 0 Å². The van der Waals surface area contributed by atoms with Crippen molar-refractivity contribution in [3.05, 3.63) is 23.9 Å². The molecule has 0 atom stereocenters. The average molecular weight is 257 g/mol. The molecule has 0 aliphatic heterocycles. The number of hydrogen-bond acceptors (Lipinski definition) is 2. The van der Waals surface area contributed by atoms with Crippen molar-refractivity contribution in [2.24, 2.45) is 0 Å². The molecule has 0 aromatic carbocycles. The zero-order valence-corrected chi connectivity index (χ0v) is 10.4. The van der Waals surface area contributed by atoms with E-state index in [4.69, 9.17) is 0 Å². The van der Waals surface area contributed by atoms with Crippen molar-refractivity contribution in [3.63, 3.8) is 0 Å². The normalized spacial score (nSPS) is 10.2. The van der Waals surface area contributed by atoms with Gasteiger partial charge in [0.25, 0.3) is 0 Å². The molecule has 78 valence electrons. The number of nitrogens with zero attached hydrogens (tertiary/aromatic N) is 2. The molecule has 0 saturated carbocycles. The first-order chi connectivity index (χ1) is 6.77. The molecule has 0 amide bonds. The topological polar surface area (TPSA) is 16.1 Å². The van der Waals surface area contributed by atoms with E-state index in [0.717, 1.165) is 30.7 Å². The lowest BCUT2D eigenvalue weighted by Gasteiger charge is -2.22. The molecule has 0 saturated heterocycles. The molecular weight excluding hydrogens is 240 g/mol. The summed E-state index contributed by atoms with van der Waals surface area (Å²) in [5.74, 6) is 1.09. The summed E-state index contributed by atoms with van der Waals surface area (Å²) in [5, 5.41) is 0.989. The van der Waals surface area contributed by atoms with Gasteiger partial charge in [-0.25, -0.2) is 4.98 Å². The van der Waals surface area contributed by atoms with Crippen LogP contribution in [0.3, 0.4) is 0 Å². The fourth-order valence-electron chi connectivity index (χ4n) is 1.41. The van der Waals surface area contributed by atoms with E-state index in [1.165, 1.54) is 5.56 Å². The number of pyridine rings is 1. The zero-order valence-electron chi connectivity index (χ0n) is 8.83. The summed E-state index contributed by atoms with van der Waals surface area (Å²) in [5.41, 5.74) is 1.27. The second-order valence-corrected chi connectivity index (χ2v) is 4.16. The highest BCUT2D eigenvalue weighted by molar-refractivity contribution is 9.09. The second-order valence-electron chi connectivity index (χ2n) is 3.37. The lowest BCUT2D eigenvalue weighted by molar-refractivity contribution is 0.783. The molecule has 1 aromatic heterocycles. The van der Waals surface area contributed by atoms with Crippen LogP contribution in [-0.4, -0.2) is 23.4 Å². The van der Waals surface area contributed by atoms with Crippen molar-refractivity contribution in [2.75, 3.05) is 23.3 Å². The summed E-state index contributed by atoms with van der Waals surface area (Å²) in [6.07, 6.45) is 3.03. The van der Waals surface area contributed by atoms with Gasteiger partial charge in [-0.05, 0) is 31.0 Å². The van der Waals surface area contributed by atoms with Gasteiger partial charge < -0.3 is 4.90 Å². The Bertz CT molecular complexity index is 270. The first kappa shape index (κ1) is 11.5. The van der Waals surface area contributed by atoms with E-state index in [1.807, 2.05) is 12.3 Å². The van der Waals surface area contributed by atoms with Gasteiger partial charge in [0, 0.05) is 24.6 Å². The summed E-state index contributed by atoms with van der Waals surface area (Å²) in [7, 11) is 0.